The molecule has 6 nitrogen and oxygen atoms in total. The predicted octanol–water partition coefficient (Wildman–Crippen LogP) is 3.78. The van der Waals surface area contributed by atoms with E-state index in [9.17, 15) is 19.2 Å². The average Bonchev–Trinajstić information content (AvgIpc) is 2.78. The number of nitrogens with zero attached hydrogens (tertiary/aromatic N) is 2. The smallest absolute Gasteiger partial charge is 0.273 e. The molecule has 2 aromatic carbocycles. The van der Waals surface area contributed by atoms with Gasteiger partial charge in [0.25, 0.3) is 5.56 Å². The number of aromatic nitrogens is 1. The summed E-state index contributed by atoms with van der Waals surface area (Å²) in [5, 5.41) is 9.39. The van der Waals surface area contributed by atoms with E-state index in [1.807, 2.05) is 18.2 Å². The number of nitriles is 1. The zero-order valence-corrected chi connectivity index (χ0v) is 17.0. The number of benzene rings is 2. The van der Waals surface area contributed by atoms with Crippen molar-refractivity contribution < 1.29 is 18.7 Å². The fourth-order valence-corrected chi connectivity index (χ4v) is 4.05. The van der Waals surface area contributed by atoms with Crippen LogP contribution in [0.25, 0.3) is 5.69 Å². The van der Waals surface area contributed by atoms with Crippen LogP contribution in [0.3, 0.4) is 0 Å². The van der Waals surface area contributed by atoms with Crippen molar-refractivity contribution in [3.63, 3.8) is 0 Å². The van der Waals surface area contributed by atoms with Gasteiger partial charge in [-0.2, -0.15) is 5.26 Å². The van der Waals surface area contributed by atoms with Gasteiger partial charge in [0, 0.05) is 17.7 Å². The van der Waals surface area contributed by atoms with Crippen LogP contribution in [0.4, 0.5) is 4.39 Å². The van der Waals surface area contributed by atoms with Crippen LogP contribution in [0.2, 0.25) is 0 Å². The largest absolute Gasteiger partial charge is 0.493 e. The minimum atomic E-state index is -0.576. The normalized spacial score (nSPS) is 15.2. The number of carbonyl (C=O) groups is 1. The summed E-state index contributed by atoms with van der Waals surface area (Å²) in [6.07, 6.45) is 0.586. The van der Waals surface area contributed by atoms with Crippen LogP contribution in [0.5, 0.6) is 11.5 Å². The lowest BCUT2D eigenvalue weighted by atomic mass is 9.81. The molecule has 0 spiro atoms. The summed E-state index contributed by atoms with van der Waals surface area (Å²) in [5.74, 6) is 0.207. The lowest BCUT2D eigenvalue weighted by Gasteiger charge is -2.27. The van der Waals surface area contributed by atoms with E-state index in [4.69, 9.17) is 9.47 Å². The molecule has 1 aliphatic carbocycles. The van der Waals surface area contributed by atoms with Crippen molar-refractivity contribution in [2.45, 2.75) is 18.8 Å². The molecule has 31 heavy (non-hydrogen) atoms. The SMILES string of the molecule is COc1ccc([C@@H]2CC(=O)c3cc(C#N)c(=O)n(-c4cccc(F)c4)c3C2)cc1OC. The molecule has 0 saturated heterocycles. The van der Waals surface area contributed by atoms with E-state index in [0.29, 0.717) is 29.2 Å². The lowest BCUT2D eigenvalue weighted by molar-refractivity contribution is 0.0962. The van der Waals surface area contributed by atoms with E-state index < -0.39 is 11.4 Å². The molecule has 0 fully saturated rings. The summed E-state index contributed by atoms with van der Waals surface area (Å²) in [4.78, 5) is 26.0. The molecule has 7 heteroatoms. The van der Waals surface area contributed by atoms with E-state index >= 15 is 0 Å². The first-order valence-electron chi connectivity index (χ1n) is 9.67. The summed E-state index contributed by atoms with van der Waals surface area (Å²) < 4.78 is 25.8. The predicted molar refractivity (Wildman–Crippen MR) is 112 cm³/mol. The topological polar surface area (TPSA) is 81.3 Å². The molecule has 0 N–H and O–H groups in total. The maximum absolute atomic E-state index is 13.9. The van der Waals surface area contributed by atoms with Gasteiger partial charge in [-0.05, 0) is 54.3 Å². The van der Waals surface area contributed by atoms with Gasteiger partial charge < -0.3 is 9.47 Å². The number of carbonyl (C=O) groups excluding carboxylic acids is 1. The van der Waals surface area contributed by atoms with Crippen molar-refractivity contribution in [3.8, 4) is 23.3 Å². The molecule has 156 valence electrons. The zero-order valence-electron chi connectivity index (χ0n) is 17.0. The Morgan fingerprint density at radius 2 is 1.81 bits per heavy atom. The van der Waals surface area contributed by atoms with Gasteiger partial charge in [-0.3, -0.25) is 14.2 Å². The van der Waals surface area contributed by atoms with Crippen molar-refractivity contribution in [3.05, 3.63) is 87.1 Å². The number of ether oxygens (including phenoxy) is 2. The Balaban J connectivity index is 1.89. The first kappa shape index (κ1) is 20.4. The standard InChI is InChI=1S/C24H19FN2O4/c1-30-22-7-6-14(11-23(22)31-2)15-9-20-19(21(28)10-15)8-16(13-26)24(29)27(20)18-5-3-4-17(25)12-18/h3-8,11-12,15H,9-10H2,1-2H3/t15-/m0/s1. The highest BCUT2D eigenvalue weighted by Gasteiger charge is 2.31. The molecule has 1 aliphatic rings. The van der Waals surface area contributed by atoms with Crippen LogP contribution < -0.4 is 15.0 Å². The second kappa shape index (κ2) is 8.07. The van der Waals surface area contributed by atoms with E-state index in [2.05, 4.69) is 0 Å². The number of fused-ring (bicyclic) bond motifs is 1. The maximum Gasteiger partial charge on any atom is 0.273 e. The molecular formula is C24H19FN2O4. The molecule has 0 unspecified atom stereocenters. The third kappa shape index (κ3) is 3.57. The molecule has 0 bridgehead atoms. The first-order valence-corrected chi connectivity index (χ1v) is 9.67. The molecule has 3 aromatic rings. The monoisotopic (exact) mass is 418 g/mol. The Morgan fingerprint density at radius 1 is 1.03 bits per heavy atom. The number of Topliss-reactive ketones (excluding diaryl/α,β-unsaturated/α-hetero) is 1. The third-order valence-electron chi connectivity index (χ3n) is 5.54. The molecule has 0 amide bonds. The highest BCUT2D eigenvalue weighted by molar-refractivity contribution is 5.99. The fourth-order valence-electron chi connectivity index (χ4n) is 4.05. The maximum atomic E-state index is 13.9. The second-order valence-corrected chi connectivity index (χ2v) is 7.29. The number of halogens is 1. The van der Waals surface area contributed by atoms with Crippen molar-refractivity contribution in [1.82, 2.24) is 4.57 Å². The average molecular weight is 418 g/mol. The van der Waals surface area contributed by atoms with E-state index in [1.165, 1.54) is 35.9 Å². The van der Waals surface area contributed by atoms with Gasteiger partial charge in [0.05, 0.1) is 19.9 Å². The highest BCUT2D eigenvalue weighted by Crippen LogP contribution is 2.37. The zero-order chi connectivity index (χ0) is 22.1. The Hall–Kier alpha value is -3.92. The number of ketones is 1. The van der Waals surface area contributed by atoms with Crippen LogP contribution in [0.1, 0.15) is 39.5 Å². The third-order valence-corrected chi connectivity index (χ3v) is 5.54. The van der Waals surface area contributed by atoms with Crippen LogP contribution in [0.15, 0.2) is 53.3 Å². The molecule has 1 heterocycles. The Labute approximate surface area is 178 Å². The van der Waals surface area contributed by atoms with Crippen LogP contribution in [-0.2, 0) is 6.42 Å². The summed E-state index contributed by atoms with van der Waals surface area (Å²) in [5.41, 5.74) is 1.19. The van der Waals surface area contributed by atoms with Crippen molar-refractivity contribution in [2.75, 3.05) is 14.2 Å². The molecule has 0 aliphatic heterocycles. The van der Waals surface area contributed by atoms with Gasteiger partial charge in [-0.25, -0.2) is 4.39 Å². The van der Waals surface area contributed by atoms with Gasteiger partial charge in [0.15, 0.2) is 17.3 Å². The molecule has 4 rings (SSSR count). The van der Waals surface area contributed by atoms with Gasteiger partial charge in [0.2, 0.25) is 0 Å². The number of hydrogen-bond donors (Lipinski definition) is 0. The molecular weight excluding hydrogens is 399 g/mol. The van der Waals surface area contributed by atoms with Gasteiger partial charge >= 0.3 is 0 Å². The summed E-state index contributed by atoms with van der Waals surface area (Å²) in [6.45, 7) is 0. The molecule has 0 saturated carbocycles. The number of rotatable bonds is 4. The summed E-state index contributed by atoms with van der Waals surface area (Å²) in [6, 6.07) is 14.2. The van der Waals surface area contributed by atoms with Crippen LogP contribution >= 0.6 is 0 Å². The Bertz CT molecular complexity index is 1290. The highest BCUT2D eigenvalue weighted by atomic mass is 19.1. The van der Waals surface area contributed by atoms with Gasteiger partial charge in [0.1, 0.15) is 17.4 Å². The first-order chi connectivity index (χ1) is 15.0. The lowest BCUT2D eigenvalue weighted by Crippen LogP contribution is -2.31. The van der Waals surface area contributed by atoms with Crippen molar-refractivity contribution in [1.29, 1.82) is 5.26 Å². The molecule has 1 aromatic heterocycles. The minimum absolute atomic E-state index is 0.152. The number of hydrogen-bond acceptors (Lipinski definition) is 5. The second-order valence-electron chi connectivity index (χ2n) is 7.29. The molecule has 1 atom stereocenters. The number of methoxy groups -OCH3 is 2. The Kier molecular flexibility index (Phi) is 5.30. The summed E-state index contributed by atoms with van der Waals surface area (Å²) >= 11 is 0. The minimum Gasteiger partial charge on any atom is -0.493 e. The van der Waals surface area contributed by atoms with Gasteiger partial charge in [-0.1, -0.05) is 12.1 Å². The van der Waals surface area contributed by atoms with Crippen LogP contribution in [-0.4, -0.2) is 24.6 Å². The van der Waals surface area contributed by atoms with Crippen molar-refractivity contribution >= 4 is 5.78 Å². The number of pyridine rings is 1. The van der Waals surface area contributed by atoms with Crippen molar-refractivity contribution in [2.24, 2.45) is 0 Å². The summed E-state index contributed by atoms with van der Waals surface area (Å²) in [7, 11) is 3.08. The van der Waals surface area contributed by atoms with E-state index in [-0.39, 0.29) is 29.4 Å². The molecule has 0 radical (unpaired) electrons. The van der Waals surface area contributed by atoms with Gasteiger partial charge in [-0.15, -0.1) is 0 Å². The van der Waals surface area contributed by atoms with Crippen LogP contribution in [0, 0.1) is 17.1 Å². The quantitative estimate of drug-likeness (QED) is 0.644. The van der Waals surface area contributed by atoms with E-state index in [1.54, 1.807) is 19.2 Å². The fraction of sp³-hybridized carbons (Fsp3) is 0.208. The Morgan fingerprint density at radius 3 is 2.48 bits per heavy atom. The van der Waals surface area contributed by atoms with E-state index in [0.717, 1.165) is 5.56 Å².